The van der Waals surface area contributed by atoms with E-state index in [0.717, 1.165) is 6.07 Å². The summed E-state index contributed by atoms with van der Waals surface area (Å²) in [5, 5.41) is 17.3. The normalized spacial score (nSPS) is 12.0. The molecular formula is C25H27FN4O4S. The van der Waals surface area contributed by atoms with Crippen LogP contribution < -0.4 is 15.5 Å². The van der Waals surface area contributed by atoms with Crippen LogP contribution >= 0.6 is 11.3 Å². The van der Waals surface area contributed by atoms with Gasteiger partial charge in [0.1, 0.15) is 17.6 Å². The van der Waals surface area contributed by atoms with Crippen molar-refractivity contribution in [1.29, 1.82) is 0 Å². The van der Waals surface area contributed by atoms with Crippen molar-refractivity contribution in [2.45, 2.75) is 45.2 Å². The second kappa shape index (κ2) is 11.1. The number of aromatic nitrogens is 1. The van der Waals surface area contributed by atoms with Crippen molar-refractivity contribution in [3.8, 4) is 5.75 Å². The number of phenolic OH excluding ortho intramolecular Hbond substituents is 1. The van der Waals surface area contributed by atoms with E-state index >= 15 is 0 Å². The number of benzene rings is 2. The van der Waals surface area contributed by atoms with E-state index in [9.17, 15) is 23.9 Å². The van der Waals surface area contributed by atoms with Gasteiger partial charge in [-0.1, -0.05) is 18.2 Å². The number of hydrogen-bond acceptors (Lipinski definition) is 6. The Labute approximate surface area is 206 Å². The highest BCUT2D eigenvalue weighted by Crippen LogP contribution is 2.31. The Morgan fingerprint density at radius 3 is 2.43 bits per heavy atom. The fourth-order valence-electron chi connectivity index (χ4n) is 3.38. The molecule has 3 aromatic rings. The number of aromatic hydroxyl groups is 1. The molecule has 2 aromatic carbocycles. The Kier molecular flexibility index (Phi) is 8.18. The van der Waals surface area contributed by atoms with Gasteiger partial charge in [0.2, 0.25) is 17.7 Å². The molecule has 10 heteroatoms. The Morgan fingerprint density at radius 1 is 1.11 bits per heavy atom. The van der Waals surface area contributed by atoms with Crippen LogP contribution in [0.15, 0.2) is 60.1 Å². The lowest BCUT2D eigenvalue weighted by atomic mass is 10.00. The van der Waals surface area contributed by atoms with Gasteiger partial charge in [0.15, 0.2) is 5.13 Å². The van der Waals surface area contributed by atoms with Crippen molar-refractivity contribution >= 4 is 39.9 Å². The molecule has 184 valence electrons. The molecule has 0 saturated carbocycles. The van der Waals surface area contributed by atoms with E-state index < -0.39 is 35.1 Å². The van der Waals surface area contributed by atoms with Crippen LogP contribution in [-0.2, 0) is 14.4 Å². The first-order chi connectivity index (χ1) is 16.5. The predicted octanol–water partition coefficient (Wildman–Crippen LogP) is 4.40. The Balaban J connectivity index is 1.96. The number of nitrogens with zero attached hydrogens (tertiary/aromatic N) is 2. The smallest absolute Gasteiger partial charge is 0.248 e. The largest absolute Gasteiger partial charge is 0.508 e. The van der Waals surface area contributed by atoms with Crippen molar-refractivity contribution < 1.29 is 23.9 Å². The third-order valence-corrected chi connectivity index (χ3v) is 5.50. The second-order valence-corrected chi connectivity index (χ2v) is 9.76. The van der Waals surface area contributed by atoms with E-state index in [-0.39, 0.29) is 24.3 Å². The molecule has 0 aliphatic rings. The number of hydrogen-bond donors (Lipinski definition) is 3. The molecule has 0 aliphatic carbocycles. The molecular weight excluding hydrogens is 471 g/mol. The molecule has 3 rings (SSSR count). The first kappa shape index (κ1) is 25.8. The summed E-state index contributed by atoms with van der Waals surface area (Å²) < 4.78 is 14.2. The molecule has 0 spiro atoms. The maximum atomic E-state index is 14.2. The van der Waals surface area contributed by atoms with Crippen LogP contribution in [0.5, 0.6) is 5.75 Å². The van der Waals surface area contributed by atoms with Crippen molar-refractivity contribution in [3.63, 3.8) is 0 Å². The molecule has 0 saturated heterocycles. The lowest BCUT2D eigenvalue weighted by Crippen LogP contribution is -2.49. The van der Waals surface area contributed by atoms with Crippen LogP contribution in [0.25, 0.3) is 0 Å². The van der Waals surface area contributed by atoms with Gasteiger partial charge < -0.3 is 15.7 Å². The molecule has 0 fully saturated rings. The summed E-state index contributed by atoms with van der Waals surface area (Å²) in [6, 6.07) is 10.0. The summed E-state index contributed by atoms with van der Waals surface area (Å²) in [5.41, 5.74) is -0.0388. The number of nitrogens with one attached hydrogen (secondary N) is 2. The number of thiazole rings is 1. The average molecular weight is 499 g/mol. The number of carbonyl (C=O) groups excluding carboxylic acids is 3. The highest BCUT2D eigenvalue weighted by Gasteiger charge is 2.34. The van der Waals surface area contributed by atoms with Gasteiger partial charge in [0.05, 0.1) is 0 Å². The van der Waals surface area contributed by atoms with Gasteiger partial charge in [0, 0.05) is 35.6 Å². The van der Waals surface area contributed by atoms with Crippen LogP contribution in [0, 0.1) is 5.82 Å². The zero-order chi connectivity index (χ0) is 25.6. The molecule has 35 heavy (non-hydrogen) atoms. The third kappa shape index (κ3) is 7.35. The van der Waals surface area contributed by atoms with E-state index in [0.29, 0.717) is 10.7 Å². The summed E-state index contributed by atoms with van der Waals surface area (Å²) in [6.07, 6.45) is 1.16. The molecule has 0 unspecified atom stereocenters. The molecule has 1 aromatic heterocycles. The quantitative estimate of drug-likeness (QED) is 0.426. The van der Waals surface area contributed by atoms with Gasteiger partial charge in [0.25, 0.3) is 0 Å². The summed E-state index contributed by atoms with van der Waals surface area (Å²) >= 11 is 1.25. The van der Waals surface area contributed by atoms with Crippen molar-refractivity contribution in [2.24, 2.45) is 0 Å². The third-order valence-electron chi connectivity index (χ3n) is 4.81. The fraction of sp³-hybridized carbons (Fsp3) is 0.280. The van der Waals surface area contributed by atoms with Crippen LogP contribution in [-0.4, -0.2) is 33.4 Å². The van der Waals surface area contributed by atoms with E-state index in [1.54, 1.807) is 32.3 Å². The predicted molar refractivity (Wildman–Crippen MR) is 133 cm³/mol. The van der Waals surface area contributed by atoms with Gasteiger partial charge in [-0.15, -0.1) is 11.3 Å². The molecule has 3 N–H and O–H groups in total. The lowest BCUT2D eigenvalue weighted by Gasteiger charge is -2.34. The topological polar surface area (TPSA) is 112 Å². The van der Waals surface area contributed by atoms with Gasteiger partial charge >= 0.3 is 0 Å². The second-order valence-electron chi connectivity index (χ2n) is 8.86. The van der Waals surface area contributed by atoms with Crippen molar-refractivity contribution in [3.05, 3.63) is 71.5 Å². The molecule has 0 aliphatic heterocycles. The highest BCUT2D eigenvalue weighted by atomic mass is 32.1. The number of carbonyl (C=O) groups is 3. The van der Waals surface area contributed by atoms with E-state index in [1.807, 2.05) is 0 Å². The maximum absolute atomic E-state index is 14.2. The van der Waals surface area contributed by atoms with E-state index in [2.05, 4.69) is 15.6 Å². The number of phenols is 1. The fourth-order valence-corrected chi connectivity index (χ4v) is 3.93. The minimum Gasteiger partial charge on any atom is -0.508 e. The molecule has 8 nitrogen and oxygen atoms in total. The van der Waals surface area contributed by atoms with E-state index in [4.69, 9.17) is 0 Å². The number of halogens is 1. The van der Waals surface area contributed by atoms with Gasteiger partial charge in [-0.3, -0.25) is 19.3 Å². The monoisotopic (exact) mass is 498 g/mol. The molecule has 0 bridgehead atoms. The number of amides is 3. The Morgan fingerprint density at radius 2 is 1.83 bits per heavy atom. The lowest BCUT2D eigenvalue weighted by molar-refractivity contribution is -0.128. The minimum atomic E-state index is -1.17. The highest BCUT2D eigenvalue weighted by molar-refractivity contribution is 7.13. The zero-order valence-electron chi connectivity index (χ0n) is 19.6. The molecule has 0 radical (unpaired) electrons. The zero-order valence-corrected chi connectivity index (χ0v) is 20.4. The van der Waals surface area contributed by atoms with Crippen molar-refractivity contribution in [1.82, 2.24) is 10.3 Å². The standard InChI is InChI=1S/C25H27FN4O4S/c1-25(2,3)29-23(34)22(16-7-9-19(31)10-8-16)30(18-6-4-5-17(26)15-18)21(33)12-11-20(32)28-24-27-13-14-35-24/h4-10,13-15,22,31H,11-12H2,1-3H3,(H,29,34)(H,27,28,32)/t22-/m1/s1. The molecule has 1 atom stereocenters. The summed E-state index contributed by atoms with van der Waals surface area (Å²) in [7, 11) is 0. The molecule has 3 amide bonds. The van der Waals surface area contributed by atoms with Gasteiger partial charge in [-0.25, -0.2) is 9.37 Å². The van der Waals surface area contributed by atoms with Crippen LogP contribution in [0.1, 0.15) is 45.2 Å². The van der Waals surface area contributed by atoms with Crippen LogP contribution in [0.3, 0.4) is 0 Å². The first-order valence-electron chi connectivity index (χ1n) is 10.9. The Bertz CT molecular complexity index is 1180. The number of anilines is 2. The average Bonchev–Trinajstić information content (AvgIpc) is 3.28. The van der Waals surface area contributed by atoms with Gasteiger partial charge in [-0.2, -0.15) is 0 Å². The van der Waals surface area contributed by atoms with E-state index in [1.165, 1.54) is 58.7 Å². The SMILES string of the molecule is CC(C)(C)NC(=O)[C@@H](c1ccc(O)cc1)N(C(=O)CCC(=O)Nc1nccs1)c1cccc(F)c1. The van der Waals surface area contributed by atoms with Crippen LogP contribution in [0.2, 0.25) is 0 Å². The number of rotatable bonds is 8. The van der Waals surface area contributed by atoms with Crippen LogP contribution in [0.4, 0.5) is 15.2 Å². The molecule has 1 heterocycles. The van der Waals surface area contributed by atoms with Gasteiger partial charge in [-0.05, 0) is 56.7 Å². The Hall–Kier alpha value is -3.79. The van der Waals surface area contributed by atoms with Crippen molar-refractivity contribution in [2.75, 3.05) is 10.2 Å². The first-order valence-corrected chi connectivity index (χ1v) is 11.8. The summed E-state index contributed by atoms with van der Waals surface area (Å²) in [5.74, 6) is -2.04. The minimum absolute atomic E-state index is 0.00813. The maximum Gasteiger partial charge on any atom is 0.248 e. The summed E-state index contributed by atoms with van der Waals surface area (Å²) in [4.78, 5) is 44.5. The summed E-state index contributed by atoms with van der Waals surface area (Å²) in [6.45, 7) is 5.40.